The second-order valence-corrected chi connectivity index (χ2v) is 7.41. The van der Waals surface area contributed by atoms with Gasteiger partial charge in [0.15, 0.2) is 11.5 Å². The molecular formula is C19H16N4O3S. The minimum atomic E-state index is 0.520. The number of fused-ring (bicyclic) bond motifs is 2. The summed E-state index contributed by atoms with van der Waals surface area (Å²) in [6.07, 6.45) is 1.59. The highest BCUT2D eigenvalue weighted by atomic mass is 32.1. The monoisotopic (exact) mass is 380 g/mol. The summed E-state index contributed by atoms with van der Waals surface area (Å²) in [6, 6.07) is 9.81. The van der Waals surface area contributed by atoms with Crippen LogP contribution in [0.5, 0.6) is 11.5 Å². The zero-order valence-electron chi connectivity index (χ0n) is 14.6. The predicted molar refractivity (Wildman–Crippen MR) is 102 cm³/mol. The number of rotatable bonds is 4. The summed E-state index contributed by atoms with van der Waals surface area (Å²) in [4.78, 5) is 11.4. The van der Waals surface area contributed by atoms with Crippen LogP contribution in [-0.4, -0.2) is 28.3 Å². The van der Waals surface area contributed by atoms with Crippen LogP contribution < -0.4 is 14.8 Å². The Morgan fingerprint density at radius 1 is 1.07 bits per heavy atom. The van der Waals surface area contributed by atoms with Crippen molar-refractivity contribution in [2.75, 3.05) is 18.5 Å². The molecule has 7 nitrogen and oxygen atoms in total. The lowest BCUT2D eigenvalue weighted by Gasteiger charge is -2.19. The van der Waals surface area contributed by atoms with Crippen molar-refractivity contribution in [1.29, 1.82) is 0 Å². The van der Waals surface area contributed by atoms with Crippen LogP contribution in [0.15, 0.2) is 41.1 Å². The van der Waals surface area contributed by atoms with Crippen molar-refractivity contribution in [2.24, 2.45) is 0 Å². The van der Waals surface area contributed by atoms with E-state index < -0.39 is 0 Å². The van der Waals surface area contributed by atoms with E-state index in [0.29, 0.717) is 31.3 Å². The molecule has 0 bridgehead atoms. The van der Waals surface area contributed by atoms with E-state index in [-0.39, 0.29) is 0 Å². The molecule has 1 aromatic carbocycles. The van der Waals surface area contributed by atoms with Crippen LogP contribution in [0.4, 0.5) is 5.82 Å². The van der Waals surface area contributed by atoms with Gasteiger partial charge in [-0.05, 0) is 30.7 Å². The van der Waals surface area contributed by atoms with E-state index >= 15 is 0 Å². The molecule has 0 aliphatic carbocycles. The fourth-order valence-electron chi connectivity index (χ4n) is 3.00. The number of anilines is 1. The predicted octanol–water partition coefficient (Wildman–Crippen LogP) is 4.04. The number of nitrogens with zero attached hydrogens (tertiary/aromatic N) is 3. The van der Waals surface area contributed by atoms with Crippen LogP contribution in [0.2, 0.25) is 0 Å². The van der Waals surface area contributed by atoms with E-state index in [1.807, 2.05) is 18.2 Å². The van der Waals surface area contributed by atoms with Gasteiger partial charge in [0, 0.05) is 17.5 Å². The first kappa shape index (κ1) is 16.1. The highest BCUT2D eigenvalue weighted by Crippen LogP contribution is 2.33. The number of nitrogens with one attached hydrogen (secondary N) is 1. The summed E-state index contributed by atoms with van der Waals surface area (Å²) in [6.45, 7) is 3.83. The highest BCUT2D eigenvalue weighted by Gasteiger charge is 2.15. The Balaban J connectivity index is 1.47. The van der Waals surface area contributed by atoms with Crippen molar-refractivity contribution in [1.82, 2.24) is 15.1 Å². The largest absolute Gasteiger partial charge is 0.486 e. The smallest absolute Gasteiger partial charge is 0.204 e. The molecule has 27 heavy (non-hydrogen) atoms. The Morgan fingerprint density at radius 2 is 1.96 bits per heavy atom. The highest BCUT2D eigenvalue weighted by molar-refractivity contribution is 7.18. The molecule has 0 saturated carbocycles. The molecule has 8 heteroatoms. The molecule has 0 atom stereocenters. The number of aryl methyl sites for hydroxylation is 1. The quantitative estimate of drug-likeness (QED) is 0.572. The molecule has 4 aromatic rings. The maximum absolute atomic E-state index is 5.66. The van der Waals surface area contributed by atoms with Crippen LogP contribution in [-0.2, 0) is 6.54 Å². The maximum Gasteiger partial charge on any atom is 0.204 e. The molecule has 0 fully saturated rings. The minimum absolute atomic E-state index is 0.520. The van der Waals surface area contributed by atoms with Gasteiger partial charge in [-0.2, -0.15) is 0 Å². The van der Waals surface area contributed by atoms with Gasteiger partial charge in [-0.15, -0.1) is 11.3 Å². The standard InChI is InChI=1S/C19H16N4O3S/c1-11-8-13-17(22-18(23-19(13)27-11)15-4-5-21-26-15)20-10-12-2-3-14-16(9-12)25-7-6-24-14/h2-5,8-9H,6-7,10H2,1H3,(H,20,22,23). The van der Waals surface area contributed by atoms with Crippen molar-refractivity contribution in [2.45, 2.75) is 13.5 Å². The van der Waals surface area contributed by atoms with Crippen molar-refractivity contribution in [3.05, 3.63) is 47.0 Å². The Hall–Kier alpha value is -3.13. The summed E-state index contributed by atoms with van der Waals surface area (Å²) < 4.78 is 16.5. The third-order valence-corrected chi connectivity index (χ3v) is 5.19. The van der Waals surface area contributed by atoms with Gasteiger partial charge in [0.1, 0.15) is 23.9 Å². The van der Waals surface area contributed by atoms with Gasteiger partial charge in [0.05, 0.1) is 11.6 Å². The lowest BCUT2D eigenvalue weighted by atomic mass is 10.2. The summed E-state index contributed by atoms with van der Waals surface area (Å²) in [5, 5.41) is 8.17. The van der Waals surface area contributed by atoms with Crippen molar-refractivity contribution < 1.29 is 14.0 Å². The second kappa shape index (κ2) is 6.55. The van der Waals surface area contributed by atoms with E-state index in [0.717, 1.165) is 33.1 Å². The molecule has 136 valence electrons. The average Bonchev–Trinajstić information content (AvgIpc) is 3.34. The van der Waals surface area contributed by atoms with Crippen LogP contribution in [0.1, 0.15) is 10.4 Å². The Bertz CT molecular complexity index is 1110. The fraction of sp³-hybridized carbons (Fsp3) is 0.211. The van der Waals surface area contributed by atoms with E-state index in [9.17, 15) is 0 Å². The van der Waals surface area contributed by atoms with Crippen LogP contribution in [0.25, 0.3) is 21.8 Å². The van der Waals surface area contributed by atoms with Gasteiger partial charge in [-0.1, -0.05) is 11.2 Å². The Morgan fingerprint density at radius 3 is 2.81 bits per heavy atom. The summed E-state index contributed by atoms with van der Waals surface area (Å²) in [5.74, 6) is 3.40. The van der Waals surface area contributed by atoms with E-state index in [1.165, 1.54) is 4.88 Å². The second-order valence-electron chi connectivity index (χ2n) is 6.18. The molecule has 5 rings (SSSR count). The molecule has 0 spiro atoms. The van der Waals surface area contributed by atoms with Crippen LogP contribution in [0.3, 0.4) is 0 Å². The molecule has 1 aliphatic heterocycles. The number of aromatic nitrogens is 3. The zero-order chi connectivity index (χ0) is 18.2. The number of thiophene rings is 1. The lowest BCUT2D eigenvalue weighted by molar-refractivity contribution is 0.171. The van der Waals surface area contributed by atoms with Gasteiger partial charge in [-0.3, -0.25) is 0 Å². The van der Waals surface area contributed by atoms with Crippen LogP contribution in [0, 0.1) is 6.92 Å². The molecule has 3 aromatic heterocycles. The Kier molecular flexibility index (Phi) is 3.90. The molecule has 0 unspecified atom stereocenters. The molecule has 0 amide bonds. The first-order valence-electron chi connectivity index (χ1n) is 8.58. The van der Waals surface area contributed by atoms with Gasteiger partial charge in [0.2, 0.25) is 11.6 Å². The molecule has 1 aliphatic rings. The normalized spacial score (nSPS) is 13.1. The first-order valence-corrected chi connectivity index (χ1v) is 9.39. The average molecular weight is 380 g/mol. The molecule has 4 heterocycles. The van der Waals surface area contributed by atoms with E-state index in [1.54, 1.807) is 23.6 Å². The third-order valence-electron chi connectivity index (χ3n) is 4.24. The van der Waals surface area contributed by atoms with Gasteiger partial charge in [-0.25, -0.2) is 9.97 Å². The Labute approximate surface area is 159 Å². The topological polar surface area (TPSA) is 82.3 Å². The summed E-state index contributed by atoms with van der Waals surface area (Å²) >= 11 is 1.63. The summed E-state index contributed by atoms with van der Waals surface area (Å²) in [5.41, 5.74) is 1.08. The third kappa shape index (κ3) is 3.08. The van der Waals surface area contributed by atoms with Gasteiger partial charge >= 0.3 is 0 Å². The molecule has 1 N–H and O–H groups in total. The van der Waals surface area contributed by atoms with E-state index in [4.69, 9.17) is 14.0 Å². The maximum atomic E-state index is 5.66. The minimum Gasteiger partial charge on any atom is -0.486 e. The molecule has 0 radical (unpaired) electrons. The fourth-order valence-corrected chi connectivity index (χ4v) is 3.88. The van der Waals surface area contributed by atoms with Gasteiger partial charge in [0.25, 0.3) is 0 Å². The van der Waals surface area contributed by atoms with Crippen molar-refractivity contribution >= 4 is 27.4 Å². The molecule has 0 saturated heterocycles. The lowest BCUT2D eigenvalue weighted by Crippen LogP contribution is -2.15. The zero-order valence-corrected chi connectivity index (χ0v) is 15.4. The van der Waals surface area contributed by atoms with Crippen LogP contribution >= 0.6 is 11.3 Å². The number of benzene rings is 1. The number of hydrogen-bond acceptors (Lipinski definition) is 8. The summed E-state index contributed by atoms with van der Waals surface area (Å²) in [7, 11) is 0. The first-order chi connectivity index (χ1) is 13.3. The molecular weight excluding hydrogens is 364 g/mol. The van der Waals surface area contributed by atoms with Crippen molar-refractivity contribution in [3.63, 3.8) is 0 Å². The number of hydrogen-bond donors (Lipinski definition) is 1. The van der Waals surface area contributed by atoms with E-state index in [2.05, 4.69) is 33.4 Å². The van der Waals surface area contributed by atoms with Gasteiger partial charge < -0.3 is 19.3 Å². The number of ether oxygens (including phenoxy) is 2. The SMILES string of the molecule is Cc1cc2c(NCc3ccc4c(c3)OCCO4)nc(-c3ccno3)nc2s1. The van der Waals surface area contributed by atoms with Crippen molar-refractivity contribution in [3.8, 4) is 23.1 Å².